The highest BCUT2D eigenvalue weighted by atomic mass is 16.4. The zero-order valence-electron chi connectivity index (χ0n) is 17.8. The van der Waals surface area contributed by atoms with Crippen LogP contribution in [0, 0.1) is 0 Å². The summed E-state index contributed by atoms with van der Waals surface area (Å²) in [6.45, 7) is 11.4. The lowest BCUT2D eigenvalue weighted by Crippen LogP contribution is -2.20. The Morgan fingerprint density at radius 1 is 1.10 bits per heavy atom. The van der Waals surface area contributed by atoms with Crippen molar-refractivity contribution in [3.8, 4) is 11.1 Å². The van der Waals surface area contributed by atoms with E-state index in [1.54, 1.807) is 12.1 Å². The van der Waals surface area contributed by atoms with Crippen molar-refractivity contribution in [1.82, 2.24) is 14.8 Å². The van der Waals surface area contributed by atoms with Gasteiger partial charge in [0, 0.05) is 11.3 Å². The fraction of sp³-hybridized carbons (Fsp3) is 0.375. The van der Waals surface area contributed by atoms with Crippen molar-refractivity contribution in [1.29, 1.82) is 0 Å². The Kier molecular flexibility index (Phi) is 5.87. The molecule has 5 nitrogen and oxygen atoms in total. The number of aromatic nitrogens is 3. The van der Waals surface area contributed by atoms with E-state index in [9.17, 15) is 9.90 Å². The number of nitrogens with zero attached hydrogens (tertiary/aromatic N) is 3. The van der Waals surface area contributed by atoms with Crippen LogP contribution in [0.2, 0.25) is 0 Å². The van der Waals surface area contributed by atoms with Crippen LogP contribution in [-0.4, -0.2) is 25.8 Å². The fourth-order valence-electron chi connectivity index (χ4n) is 3.30. The molecule has 0 aliphatic carbocycles. The van der Waals surface area contributed by atoms with E-state index in [0.29, 0.717) is 18.0 Å². The number of rotatable bonds is 6. The number of hydrogen-bond donors (Lipinski definition) is 1. The van der Waals surface area contributed by atoms with Gasteiger partial charge in [-0.15, -0.1) is 0 Å². The highest BCUT2D eigenvalue weighted by molar-refractivity contribution is 5.95. The van der Waals surface area contributed by atoms with Crippen LogP contribution in [-0.2, 0) is 12.0 Å². The average Bonchev–Trinajstić information content (AvgIpc) is 3.12. The molecule has 0 saturated heterocycles. The van der Waals surface area contributed by atoms with Crippen LogP contribution in [0.1, 0.15) is 74.5 Å². The van der Waals surface area contributed by atoms with Gasteiger partial charge in [0.2, 0.25) is 0 Å². The third-order valence-electron chi connectivity index (χ3n) is 5.17. The Morgan fingerprint density at radius 3 is 2.34 bits per heavy atom. The van der Waals surface area contributed by atoms with Gasteiger partial charge in [0.25, 0.3) is 0 Å². The van der Waals surface area contributed by atoms with Crippen molar-refractivity contribution < 1.29 is 9.90 Å². The second kappa shape index (κ2) is 8.19. The van der Waals surface area contributed by atoms with Crippen molar-refractivity contribution >= 4 is 5.97 Å². The Balaban J connectivity index is 1.91. The largest absolute Gasteiger partial charge is 0.478 e. The predicted octanol–water partition coefficient (Wildman–Crippen LogP) is 5.50. The van der Waals surface area contributed by atoms with Gasteiger partial charge in [0.15, 0.2) is 5.82 Å². The van der Waals surface area contributed by atoms with Crippen LogP contribution >= 0.6 is 0 Å². The molecular weight excluding hydrogens is 362 g/mol. The molecule has 0 aliphatic rings. The van der Waals surface area contributed by atoms with Crippen molar-refractivity contribution in [3.63, 3.8) is 0 Å². The highest BCUT2D eigenvalue weighted by Crippen LogP contribution is 2.26. The smallest absolute Gasteiger partial charge is 0.336 e. The molecule has 1 atom stereocenters. The Bertz CT molecular complexity index is 998. The summed E-state index contributed by atoms with van der Waals surface area (Å²) < 4.78 is 2.00. The van der Waals surface area contributed by atoms with Gasteiger partial charge in [-0.2, -0.15) is 5.10 Å². The molecule has 0 fully saturated rings. The molecule has 1 N–H and O–H groups in total. The highest BCUT2D eigenvalue weighted by Gasteiger charge is 2.24. The molecule has 3 aromatic rings. The fourth-order valence-corrected chi connectivity index (χ4v) is 3.30. The number of aromatic carboxylic acids is 1. The summed E-state index contributed by atoms with van der Waals surface area (Å²) in [6.07, 6.45) is 1.01. The van der Waals surface area contributed by atoms with Gasteiger partial charge in [-0.3, -0.25) is 0 Å². The van der Waals surface area contributed by atoms with Gasteiger partial charge >= 0.3 is 5.97 Å². The van der Waals surface area contributed by atoms with E-state index in [1.807, 2.05) is 41.1 Å². The second-order valence-corrected chi connectivity index (χ2v) is 8.56. The van der Waals surface area contributed by atoms with Crippen LogP contribution in [0.25, 0.3) is 11.1 Å². The van der Waals surface area contributed by atoms with Crippen LogP contribution in [0.15, 0.2) is 48.5 Å². The van der Waals surface area contributed by atoms with Crippen molar-refractivity contribution in [2.45, 2.75) is 58.9 Å². The van der Waals surface area contributed by atoms with Gasteiger partial charge in [0.1, 0.15) is 5.82 Å². The first-order valence-corrected chi connectivity index (χ1v) is 10.1. The van der Waals surface area contributed by atoms with Crippen molar-refractivity contribution in [2.75, 3.05) is 0 Å². The minimum absolute atomic E-state index is 0.0981. The molecule has 1 unspecified atom stereocenters. The molecule has 0 saturated carbocycles. The molecule has 2 aromatic carbocycles. The molecule has 0 radical (unpaired) electrons. The van der Waals surface area contributed by atoms with Gasteiger partial charge < -0.3 is 5.11 Å². The lowest BCUT2D eigenvalue weighted by molar-refractivity contribution is 0.0697. The number of carboxylic acids is 1. The summed E-state index contributed by atoms with van der Waals surface area (Å²) in [4.78, 5) is 16.3. The summed E-state index contributed by atoms with van der Waals surface area (Å²) >= 11 is 0. The lowest BCUT2D eigenvalue weighted by atomic mass is 9.95. The number of carboxylic acid groups (broad SMARTS) is 1. The molecule has 29 heavy (non-hydrogen) atoms. The van der Waals surface area contributed by atoms with E-state index in [1.165, 1.54) is 0 Å². The van der Waals surface area contributed by atoms with Gasteiger partial charge in [0.05, 0.1) is 12.1 Å². The van der Waals surface area contributed by atoms with Crippen LogP contribution < -0.4 is 0 Å². The van der Waals surface area contributed by atoms with E-state index in [2.05, 4.69) is 34.6 Å². The molecule has 0 amide bonds. The standard InChI is InChI=1S/C24H29N3O2/c1-6-16(2)21-25-23(24(3,4)5)27(26-21)15-17-11-13-18(14-12-17)19-9-7-8-10-20(19)22(28)29/h7-14,16H,6,15H2,1-5H3,(H,28,29). The zero-order valence-corrected chi connectivity index (χ0v) is 17.8. The molecular formula is C24H29N3O2. The molecule has 0 aliphatic heterocycles. The summed E-state index contributed by atoms with van der Waals surface area (Å²) in [5.41, 5.74) is 2.93. The van der Waals surface area contributed by atoms with Gasteiger partial charge in [-0.25, -0.2) is 14.5 Å². The van der Waals surface area contributed by atoms with Gasteiger partial charge in [-0.1, -0.05) is 77.1 Å². The maximum absolute atomic E-state index is 11.5. The minimum Gasteiger partial charge on any atom is -0.478 e. The van der Waals surface area contributed by atoms with E-state index < -0.39 is 5.97 Å². The van der Waals surface area contributed by atoms with E-state index in [-0.39, 0.29) is 5.41 Å². The molecule has 0 bridgehead atoms. The van der Waals surface area contributed by atoms with Crippen LogP contribution in [0.3, 0.4) is 0 Å². The third kappa shape index (κ3) is 4.56. The summed E-state index contributed by atoms with van der Waals surface area (Å²) in [5, 5.41) is 14.2. The third-order valence-corrected chi connectivity index (χ3v) is 5.17. The zero-order chi connectivity index (χ0) is 21.2. The Labute approximate surface area is 172 Å². The maximum atomic E-state index is 11.5. The average molecular weight is 392 g/mol. The summed E-state index contributed by atoms with van der Waals surface area (Å²) in [6, 6.07) is 15.1. The van der Waals surface area contributed by atoms with Crippen molar-refractivity contribution in [3.05, 3.63) is 71.3 Å². The molecule has 3 rings (SSSR count). The first-order valence-electron chi connectivity index (χ1n) is 10.1. The predicted molar refractivity (Wildman–Crippen MR) is 115 cm³/mol. The summed E-state index contributed by atoms with van der Waals surface area (Å²) in [5.74, 6) is 1.28. The molecule has 152 valence electrons. The SMILES string of the molecule is CCC(C)c1nc(C(C)(C)C)n(Cc2ccc(-c3ccccc3C(=O)O)cc2)n1. The Hall–Kier alpha value is -2.95. The van der Waals surface area contributed by atoms with E-state index in [4.69, 9.17) is 10.1 Å². The molecule has 1 aromatic heterocycles. The second-order valence-electron chi connectivity index (χ2n) is 8.56. The van der Waals surface area contributed by atoms with Crippen LogP contribution in [0.4, 0.5) is 0 Å². The van der Waals surface area contributed by atoms with E-state index >= 15 is 0 Å². The van der Waals surface area contributed by atoms with E-state index in [0.717, 1.165) is 34.8 Å². The first-order chi connectivity index (χ1) is 13.7. The normalized spacial score (nSPS) is 12.7. The van der Waals surface area contributed by atoms with Crippen LogP contribution in [0.5, 0.6) is 0 Å². The quantitative estimate of drug-likeness (QED) is 0.602. The van der Waals surface area contributed by atoms with Gasteiger partial charge in [-0.05, 0) is 29.2 Å². The molecule has 1 heterocycles. The minimum atomic E-state index is -0.917. The number of benzene rings is 2. The Morgan fingerprint density at radius 2 is 1.76 bits per heavy atom. The topological polar surface area (TPSA) is 68.0 Å². The maximum Gasteiger partial charge on any atom is 0.336 e. The number of hydrogen-bond acceptors (Lipinski definition) is 3. The molecule has 0 spiro atoms. The summed E-state index contributed by atoms with van der Waals surface area (Å²) in [7, 11) is 0. The van der Waals surface area contributed by atoms with Crippen molar-refractivity contribution in [2.24, 2.45) is 0 Å². The monoisotopic (exact) mass is 391 g/mol. The number of carbonyl (C=O) groups is 1. The first kappa shape index (κ1) is 20.8. The molecule has 5 heteroatoms. The lowest BCUT2D eigenvalue weighted by Gasteiger charge is -2.18.